The molecule has 0 radical (unpaired) electrons. The summed E-state index contributed by atoms with van der Waals surface area (Å²) in [5.41, 5.74) is 5.00. The second kappa shape index (κ2) is 12.6. The van der Waals surface area contributed by atoms with E-state index in [1.54, 1.807) is 36.2 Å². The highest BCUT2D eigenvalue weighted by Crippen LogP contribution is 2.48. The number of allylic oxidation sites excluding steroid dienone is 8. The van der Waals surface area contributed by atoms with Crippen LogP contribution in [0, 0.1) is 29.1 Å². The van der Waals surface area contributed by atoms with E-state index in [2.05, 4.69) is 24.4 Å². The summed E-state index contributed by atoms with van der Waals surface area (Å²) in [6.45, 7) is 2.13. The van der Waals surface area contributed by atoms with Crippen molar-refractivity contribution in [2.75, 3.05) is 44.3 Å². The van der Waals surface area contributed by atoms with Gasteiger partial charge in [-0.05, 0) is 42.7 Å². The number of sulfonamides is 1. The quantitative estimate of drug-likeness (QED) is 0.291. The van der Waals surface area contributed by atoms with Crippen molar-refractivity contribution in [3.8, 4) is 17.3 Å². The zero-order valence-electron chi connectivity index (χ0n) is 29.6. The van der Waals surface area contributed by atoms with Crippen molar-refractivity contribution in [1.29, 1.82) is 5.26 Å². The minimum Gasteiger partial charge on any atom is -0.455 e. The number of hydrogen-bond acceptors (Lipinski definition) is 9. The maximum atomic E-state index is 14.2. The lowest BCUT2D eigenvalue weighted by Crippen LogP contribution is -2.40. The van der Waals surface area contributed by atoms with Gasteiger partial charge in [0, 0.05) is 61.3 Å². The summed E-state index contributed by atoms with van der Waals surface area (Å²) in [5, 5.41) is 13.2. The molecule has 0 bridgehead atoms. The molecule has 2 aliphatic carbocycles. The van der Waals surface area contributed by atoms with Crippen LogP contribution in [0.1, 0.15) is 41.6 Å². The third kappa shape index (κ3) is 5.97. The lowest BCUT2D eigenvalue weighted by molar-refractivity contribution is 0.0135. The number of nitrogens with one attached hydrogen (secondary N) is 1. The van der Waals surface area contributed by atoms with E-state index in [1.807, 2.05) is 41.4 Å². The molecule has 1 N–H and O–H groups in total. The number of aromatic nitrogens is 1. The first-order valence-electron chi connectivity index (χ1n) is 17.4. The van der Waals surface area contributed by atoms with Crippen LogP contribution in [0.3, 0.4) is 0 Å². The molecule has 3 atom stereocenters. The molecule has 11 nitrogen and oxygen atoms in total. The lowest BCUT2D eigenvalue weighted by atomic mass is 9.88. The van der Waals surface area contributed by atoms with Crippen molar-refractivity contribution in [3.05, 3.63) is 89.5 Å². The molecule has 1 aromatic carbocycles. The number of amidine groups is 1. The van der Waals surface area contributed by atoms with Crippen molar-refractivity contribution in [2.45, 2.75) is 25.7 Å². The van der Waals surface area contributed by atoms with Gasteiger partial charge in [0.25, 0.3) is 11.8 Å². The van der Waals surface area contributed by atoms with Crippen molar-refractivity contribution in [2.24, 2.45) is 22.7 Å². The zero-order valence-corrected chi connectivity index (χ0v) is 30.4. The fourth-order valence-electron chi connectivity index (χ4n) is 7.62. The first-order chi connectivity index (χ1) is 25.3. The summed E-state index contributed by atoms with van der Waals surface area (Å²) in [5.74, 6) is -2.63. The first-order valence-corrected chi connectivity index (χ1v) is 19.3. The van der Waals surface area contributed by atoms with Gasteiger partial charge in [-0.2, -0.15) is 5.26 Å². The number of carbonyl (C=O) groups is 1. The van der Waals surface area contributed by atoms with E-state index in [0.717, 1.165) is 28.3 Å². The van der Waals surface area contributed by atoms with Crippen molar-refractivity contribution < 1.29 is 26.4 Å². The normalized spacial score (nSPS) is 23.0. The van der Waals surface area contributed by atoms with Crippen LogP contribution >= 0.6 is 0 Å². The van der Waals surface area contributed by atoms with Crippen molar-refractivity contribution >= 4 is 55.4 Å². The molecule has 53 heavy (non-hydrogen) atoms. The summed E-state index contributed by atoms with van der Waals surface area (Å²) in [7, 11) is -0.783. The number of alkyl halides is 2. The Morgan fingerprint density at radius 2 is 2.06 bits per heavy atom. The van der Waals surface area contributed by atoms with E-state index in [4.69, 9.17) is 14.4 Å². The Hall–Kier alpha value is -5.39. The Kier molecular flexibility index (Phi) is 8.27. The second-order valence-electron chi connectivity index (χ2n) is 14.2. The summed E-state index contributed by atoms with van der Waals surface area (Å²) >= 11 is 0. The van der Waals surface area contributed by atoms with Crippen LogP contribution in [0.15, 0.2) is 81.9 Å². The molecular formula is C39H37F2N7O4S. The molecule has 2 aromatic heterocycles. The summed E-state index contributed by atoms with van der Waals surface area (Å²) < 4.78 is 62.0. The maximum Gasteiger partial charge on any atom is 0.261 e. The standard InChI is InChI=1S/C39H37F2N7O4S/c1-22-8-10-23(11-9-22)37-35(38(49)43-2)27-16-26(31(18-33(27)52-37)46(3)53(4,50)51)28-12-13-29-36(45-28)32-17-25-24(19-42)6-5-7-30(25)48(32)34(44-29)20-47-15-14-39(40,41)21-47/h5-8,10-13,16-18,22,24-25H,9,14-15,20-21H2,1-4H3,(H,43,49). The maximum absolute atomic E-state index is 14.2. The number of aliphatic imine (C=N–C) groups is 1. The van der Waals surface area contributed by atoms with Gasteiger partial charge in [0.15, 0.2) is 0 Å². The number of nitriles is 1. The zero-order chi connectivity index (χ0) is 37.4. The highest BCUT2D eigenvalue weighted by molar-refractivity contribution is 7.92. The van der Waals surface area contributed by atoms with Gasteiger partial charge in [0.2, 0.25) is 10.0 Å². The third-order valence-electron chi connectivity index (χ3n) is 10.5. The van der Waals surface area contributed by atoms with E-state index in [9.17, 15) is 27.3 Å². The molecule has 1 amide bonds. The number of carbonyl (C=O) groups excluding carboxylic acids is 1. The van der Waals surface area contributed by atoms with E-state index in [0.29, 0.717) is 62.4 Å². The third-order valence-corrected chi connectivity index (χ3v) is 11.7. The number of benzene rings is 1. The van der Waals surface area contributed by atoms with Gasteiger partial charge < -0.3 is 9.73 Å². The second-order valence-corrected chi connectivity index (χ2v) is 16.2. The minimum atomic E-state index is -3.77. The van der Waals surface area contributed by atoms with E-state index < -0.39 is 21.9 Å². The van der Waals surface area contributed by atoms with Crippen LogP contribution in [0.2, 0.25) is 0 Å². The molecule has 3 unspecified atom stereocenters. The van der Waals surface area contributed by atoms with Crippen LogP contribution in [-0.4, -0.2) is 80.9 Å². The molecule has 5 heterocycles. The van der Waals surface area contributed by atoms with Crippen LogP contribution < -0.4 is 9.62 Å². The number of fused-ring (bicyclic) bond motifs is 6. The smallest absolute Gasteiger partial charge is 0.261 e. The Bertz CT molecular complexity index is 2440. The largest absolute Gasteiger partial charge is 0.455 e. The van der Waals surface area contributed by atoms with Gasteiger partial charge in [-0.1, -0.05) is 37.3 Å². The highest BCUT2D eigenvalue weighted by Gasteiger charge is 2.44. The van der Waals surface area contributed by atoms with Crippen LogP contribution in [0.5, 0.6) is 0 Å². The Morgan fingerprint density at radius 1 is 1.25 bits per heavy atom. The topological polar surface area (TPSA) is 135 Å². The molecule has 1 fully saturated rings. The number of rotatable bonds is 7. The lowest BCUT2D eigenvalue weighted by Gasteiger charge is -2.34. The molecule has 5 aliphatic rings. The predicted octanol–water partition coefficient (Wildman–Crippen LogP) is 6.48. The first kappa shape index (κ1) is 34.7. The van der Waals surface area contributed by atoms with Gasteiger partial charge in [0.05, 0.1) is 59.7 Å². The molecule has 14 heteroatoms. The number of amides is 1. The summed E-state index contributed by atoms with van der Waals surface area (Å²) in [4.78, 5) is 27.1. The Morgan fingerprint density at radius 3 is 2.74 bits per heavy atom. The number of nitrogens with zero attached hydrogens (tertiary/aromatic N) is 6. The fourth-order valence-corrected chi connectivity index (χ4v) is 8.13. The van der Waals surface area contributed by atoms with Crippen LogP contribution in [-0.2, 0) is 10.0 Å². The average molecular weight is 738 g/mol. The Labute approximate surface area is 306 Å². The fraction of sp³-hybridized carbons (Fsp3) is 0.333. The summed E-state index contributed by atoms with van der Waals surface area (Å²) in [6.07, 6.45) is 15.2. The number of likely N-dealkylation sites (tertiary alicyclic amines) is 1. The van der Waals surface area contributed by atoms with Gasteiger partial charge >= 0.3 is 0 Å². The molecule has 0 saturated carbocycles. The SMILES string of the molecule is CNC(=O)c1c(C2=CCC(C)C=C2)oc2cc(N(C)S(C)(=O)=O)c(-c3ccc4c(n3)C3=CC5C(=CC=CC5C#N)N3C(CN3CCC(F)(F)C3)=N4)cc12. The molecule has 1 saturated heterocycles. The van der Waals surface area contributed by atoms with Gasteiger partial charge in [0.1, 0.15) is 22.9 Å². The molecule has 0 spiro atoms. The number of halogens is 2. The van der Waals surface area contributed by atoms with Crippen LogP contribution in [0.25, 0.3) is 33.5 Å². The van der Waals surface area contributed by atoms with E-state index in [-0.39, 0.29) is 43.6 Å². The van der Waals surface area contributed by atoms with Crippen molar-refractivity contribution in [1.82, 2.24) is 20.1 Å². The number of pyridine rings is 1. The molecule has 3 aromatic rings. The van der Waals surface area contributed by atoms with E-state index >= 15 is 0 Å². The molecule has 3 aliphatic heterocycles. The summed E-state index contributed by atoms with van der Waals surface area (Å²) in [6, 6.07) is 9.22. The number of furan rings is 1. The number of anilines is 1. The van der Waals surface area contributed by atoms with Gasteiger partial charge in [-0.15, -0.1) is 0 Å². The molecular weight excluding hydrogens is 701 g/mol. The predicted molar refractivity (Wildman–Crippen MR) is 200 cm³/mol. The monoisotopic (exact) mass is 737 g/mol. The van der Waals surface area contributed by atoms with Gasteiger partial charge in [-0.3, -0.25) is 18.9 Å². The van der Waals surface area contributed by atoms with Crippen molar-refractivity contribution in [3.63, 3.8) is 0 Å². The van der Waals surface area contributed by atoms with Crippen LogP contribution in [0.4, 0.5) is 20.2 Å². The average Bonchev–Trinajstić information content (AvgIpc) is 3.82. The minimum absolute atomic E-state index is 0.175. The Balaban J connectivity index is 1.31. The molecule has 272 valence electrons. The van der Waals surface area contributed by atoms with Gasteiger partial charge in [-0.25, -0.2) is 27.2 Å². The highest BCUT2D eigenvalue weighted by atomic mass is 32.2. The number of hydrogen-bond donors (Lipinski definition) is 1. The molecule has 8 rings (SSSR count). The van der Waals surface area contributed by atoms with E-state index in [1.165, 1.54) is 7.05 Å².